The molecule has 2 N–H and O–H groups in total. The lowest BCUT2D eigenvalue weighted by molar-refractivity contribution is -0.151. The summed E-state index contributed by atoms with van der Waals surface area (Å²) in [7, 11) is 1.98. The summed E-state index contributed by atoms with van der Waals surface area (Å²) in [6.45, 7) is 2.07. The zero-order valence-electron chi connectivity index (χ0n) is 17.3. The SMILES string of the molecule is Cn1nc(-c2ccccc2)c2c1CCN(C(=O)C1(CO)CCOCC1)CC2.O=CO. The van der Waals surface area contributed by atoms with Crippen LogP contribution >= 0.6 is 0 Å². The van der Waals surface area contributed by atoms with Crippen LogP contribution in [-0.4, -0.2) is 70.2 Å². The second kappa shape index (κ2) is 9.86. The smallest absolute Gasteiger partial charge is 0.290 e. The first-order valence-corrected chi connectivity index (χ1v) is 10.2. The van der Waals surface area contributed by atoms with E-state index in [1.165, 1.54) is 11.3 Å². The minimum absolute atomic E-state index is 0.0790. The first-order valence-electron chi connectivity index (χ1n) is 10.2. The van der Waals surface area contributed by atoms with Crippen LogP contribution in [0.3, 0.4) is 0 Å². The average Bonchev–Trinajstić information content (AvgIpc) is 2.95. The summed E-state index contributed by atoms with van der Waals surface area (Å²) in [6, 6.07) is 10.2. The van der Waals surface area contributed by atoms with Crippen LogP contribution in [0, 0.1) is 5.41 Å². The van der Waals surface area contributed by atoms with Crippen molar-refractivity contribution in [2.45, 2.75) is 25.7 Å². The summed E-state index contributed by atoms with van der Waals surface area (Å²) in [5.41, 5.74) is 3.91. The topological polar surface area (TPSA) is 105 Å². The van der Waals surface area contributed by atoms with Gasteiger partial charge in [0.15, 0.2) is 0 Å². The van der Waals surface area contributed by atoms with Gasteiger partial charge in [0.2, 0.25) is 5.91 Å². The van der Waals surface area contributed by atoms with E-state index in [4.69, 9.17) is 19.7 Å². The lowest BCUT2D eigenvalue weighted by atomic mass is 9.79. The van der Waals surface area contributed by atoms with Crippen LogP contribution in [0.25, 0.3) is 11.3 Å². The molecular formula is C22H29N3O5. The summed E-state index contributed by atoms with van der Waals surface area (Å²) < 4.78 is 7.37. The number of hydrogen-bond acceptors (Lipinski definition) is 5. The van der Waals surface area contributed by atoms with Crippen LogP contribution in [0.5, 0.6) is 0 Å². The Hall–Kier alpha value is -2.71. The van der Waals surface area contributed by atoms with Crippen molar-refractivity contribution in [3.8, 4) is 11.3 Å². The van der Waals surface area contributed by atoms with Gasteiger partial charge in [-0.05, 0) is 19.3 Å². The molecule has 8 nitrogen and oxygen atoms in total. The highest BCUT2D eigenvalue weighted by Gasteiger charge is 2.42. The minimum atomic E-state index is -0.671. The summed E-state index contributed by atoms with van der Waals surface area (Å²) in [5.74, 6) is 0.0790. The number of aryl methyl sites for hydroxylation is 1. The van der Waals surface area contributed by atoms with Gasteiger partial charge in [-0.1, -0.05) is 30.3 Å². The van der Waals surface area contributed by atoms with Crippen molar-refractivity contribution < 1.29 is 24.5 Å². The van der Waals surface area contributed by atoms with Crippen molar-refractivity contribution in [3.05, 3.63) is 41.6 Å². The van der Waals surface area contributed by atoms with Crippen molar-refractivity contribution >= 4 is 12.4 Å². The van der Waals surface area contributed by atoms with Crippen LogP contribution in [0.1, 0.15) is 24.1 Å². The number of ether oxygens (including phenoxy) is 1. The van der Waals surface area contributed by atoms with Crippen LogP contribution in [0.15, 0.2) is 30.3 Å². The Kier molecular flexibility index (Phi) is 7.23. The van der Waals surface area contributed by atoms with Crippen molar-refractivity contribution in [2.75, 3.05) is 32.9 Å². The molecule has 1 amide bonds. The van der Waals surface area contributed by atoms with Crippen molar-refractivity contribution in [1.82, 2.24) is 14.7 Å². The Labute approximate surface area is 176 Å². The number of fused-ring (bicyclic) bond motifs is 1. The first kappa shape index (κ1) is 22.0. The molecular weight excluding hydrogens is 386 g/mol. The predicted molar refractivity (Wildman–Crippen MR) is 111 cm³/mol. The molecule has 2 aliphatic heterocycles. The van der Waals surface area contributed by atoms with Crippen molar-refractivity contribution in [3.63, 3.8) is 0 Å². The number of hydrogen-bond donors (Lipinski definition) is 2. The number of aromatic nitrogens is 2. The van der Waals surface area contributed by atoms with Gasteiger partial charge in [0, 0.05) is 56.6 Å². The molecule has 0 atom stereocenters. The van der Waals surface area contributed by atoms with E-state index in [1.54, 1.807) is 0 Å². The molecule has 1 saturated heterocycles. The number of benzene rings is 1. The van der Waals surface area contributed by atoms with Gasteiger partial charge in [-0.15, -0.1) is 0 Å². The van der Waals surface area contributed by atoms with Crippen molar-refractivity contribution in [2.24, 2.45) is 12.5 Å². The molecule has 0 radical (unpaired) electrons. The molecule has 0 spiro atoms. The zero-order chi connectivity index (χ0) is 21.6. The second-order valence-electron chi connectivity index (χ2n) is 7.71. The number of aliphatic hydroxyl groups is 1. The minimum Gasteiger partial charge on any atom is -0.483 e. The number of nitrogens with zero attached hydrogens (tertiary/aromatic N) is 3. The molecule has 1 aromatic heterocycles. The maximum atomic E-state index is 13.3. The number of rotatable bonds is 3. The molecule has 0 unspecified atom stereocenters. The molecule has 0 aliphatic carbocycles. The summed E-state index contributed by atoms with van der Waals surface area (Å²) in [5, 5.41) is 21.6. The normalized spacial score (nSPS) is 17.9. The first-order chi connectivity index (χ1) is 14.6. The molecule has 2 aromatic rings. The highest BCUT2D eigenvalue weighted by molar-refractivity contribution is 5.83. The molecule has 0 bridgehead atoms. The van der Waals surface area contributed by atoms with E-state index in [0.29, 0.717) is 39.1 Å². The van der Waals surface area contributed by atoms with Crippen LogP contribution in [0.2, 0.25) is 0 Å². The van der Waals surface area contributed by atoms with Gasteiger partial charge < -0.3 is 19.8 Å². The van der Waals surface area contributed by atoms with Gasteiger partial charge in [-0.25, -0.2) is 0 Å². The van der Waals surface area contributed by atoms with E-state index < -0.39 is 5.41 Å². The van der Waals surface area contributed by atoms with Gasteiger partial charge >= 0.3 is 0 Å². The van der Waals surface area contributed by atoms with Gasteiger partial charge in [0.05, 0.1) is 17.7 Å². The van der Waals surface area contributed by atoms with Crippen LogP contribution in [0.4, 0.5) is 0 Å². The Morgan fingerprint density at radius 2 is 1.83 bits per heavy atom. The summed E-state index contributed by atoms with van der Waals surface area (Å²) >= 11 is 0. The number of carboxylic acid groups (broad SMARTS) is 1. The molecule has 3 heterocycles. The summed E-state index contributed by atoms with van der Waals surface area (Å²) in [4.78, 5) is 23.6. The lowest BCUT2D eigenvalue weighted by Crippen LogP contribution is -2.49. The fourth-order valence-electron chi connectivity index (χ4n) is 4.35. The maximum Gasteiger partial charge on any atom is 0.290 e. The van der Waals surface area contributed by atoms with Gasteiger partial charge in [0.1, 0.15) is 0 Å². The van der Waals surface area contributed by atoms with Crippen LogP contribution < -0.4 is 0 Å². The third-order valence-corrected chi connectivity index (χ3v) is 6.07. The van der Waals surface area contributed by atoms with Gasteiger partial charge in [-0.2, -0.15) is 5.10 Å². The Bertz CT molecular complexity index is 859. The Morgan fingerprint density at radius 3 is 2.47 bits per heavy atom. The summed E-state index contributed by atoms with van der Waals surface area (Å²) in [6.07, 6.45) is 2.78. The number of aliphatic hydroxyl groups excluding tert-OH is 1. The molecule has 2 aliphatic rings. The van der Waals surface area contributed by atoms with Gasteiger partial charge in [0.25, 0.3) is 6.47 Å². The largest absolute Gasteiger partial charge is 0.483 e. The van der Waals surface area contributed by atoms with E-state index in [9.17, 15) is 9.90 Å². The molecule has 1 fully saturated rings. The number of amides is 1. The van der Waals surface area contributed by atoms with Crippen LogP contribution in [-0.2, 0) is 34.2 Å². The fourth-order valence-corrected chi connectivity index (χ4v) is 4.35. The fraction of sp³-hybridized carbons (Fsp3) is 0.500. The number of carbonyl (C=O) groups excluding carboxylic acids is 1. The zero-order valence-corrected chi connectivity index (χ0v) is 17.3. The number of carbonyl (C=O) groups is 2. The standard InChI is InChI=1S/C21H27N3O3.CH2O2/c1-23-18-8-12-24(20(26)21(15-25)9-13-27-14-10-21)11-7-17(18)19(22-23)16-5-3-2-4-6-16;2-1-3/h2-6,25H,7-15H2,1H3;1H,(H,2,3). The molecule has 162 valence electrons. The molecule has 8 heteroatoms. The lowest BCUT2D eigenvalue weighted by Gasteiger charge is -2.38. The highest BCUT2D eigenvalue weighted by Crippen LogP contribution is 2.34. The Morgan fingerprint density at radius 1 is 1.20 bits per heavy atom. The molecule has 1 aromatic carbocycles. The predicted octanol–water partition coefficient (Wildman–Crippen LogP) is 1.50. The third-order valence-electron chi connectivity index (χ3n) is 6.07. The van der Waals surface area contributed by atoms with E-state index in [-0.39, 0.29) is 19.0 Å². The third kappa shape index (κ3) is 4.39. The van der Waals surface area contributed by atoms with Crippen molar-refractivity contribution in [1.29, 1.82) is 0 Å². The van der Waals surface area contributed by atoms with E-state index in [2.05, 4.69) is 12.1 Å². The average molecular weight is 415 g/mol. The van der Waals surface area contributed by atoms with Gasteiger partial charge in [-0.3, -0.25) is 14.3 Å². The van der Waals surface area contributed by atoms with E-state index >= 15 is 0 Å². The monoisotopic (exact) mass is 415 g/mol. The highest BCUT2D eigenvalue weighted by atomic mass is 16.5. The van der Waals surface area contributed by atoms with E-state index in [1.807, 2.05) is 34.8 Å². The Balaban J connectivity index is 0.000000806. The molecule has 4 rings (SSSR count). The maximum absolute atomic E-state index is 13.3. The van der Waals surface area contributed by atoms with E-state index in [0.717, 1.165) is 24.1 Å². The quantitative estimate of drug-likeness (QED) is 0.737. The second-order valence-corrected chi connectivity index (χ2v) is 7.71. The molecule has 0 saturated carbocycles. The molecule has 30 heavy (non-hydrogen) atoms.